The van der Waals surface area contributed by atoms with Gasteiger partial charge in [-0.3, -0.25) is 4.79 Å². The van der Waals surface area contributed by atoms with Crippen LogP contribution in [-0.2, 0) is 0 Å². The molecule has 1 aromatic heterocycles. The van der Waals surface area contributed by atoms with E-state index in [2.05, 4.69) is 10.3 Å². The standard InChI is InChI=1S/C9H13N3OS.2ClH/c10-7(6-1-2-6)3-11-9(13)8-4-14-5-12-8;;/h4-7H,1-3,10H2,(H,11,13);2*1H. The molecule has 7 heteroatoms. The van der Waals surface area contributed by atoms with Crippen LogP contribution >= 0.6 is 36.2 Å². The lowest BCUT2D eigenvalue weighted by Gasteiger charge is -2.10. The number of carbonyl (C=O) groups excluding carboxylic acids is 1. The third-order valence-electron chi connectivity index (χ3n) is 2.39. The molecule has 0 saturated heterocycles. The number of nitrogens with two attached hydrogens (primary N) is 1. The van der Waals surface area contributed by atoms with Gasteiger partial charge < -0.3 is 11.1 Å². The number of halogens is 2. The van der Waals surface area contributed by atoms with Gasteiger partial charge >= 0.3 is 0 Å². The lowest BCUT2D eigenvalue weighted by atomic mass is 10.2. The largest absolute Gasteiger partial charge is 0.349 e. The topological polar surface area (TPSA) is 68.0 Å². The van der Waals surface area contributed by atoms with Crippen molar-refractivity contribution in [2.45, 2.75) is 18.9 Å². The Morgan fingerprint density at radius 1 is 1.62 bits per heavy atom. The van der Waals surface area contributed by atoms with Crippen LogP contribution in [0, 0.1) is 5.92 Å². The molecule has 0 radical (unpaired) electrons. The third kappa shape index (κ3) is 4.25. The van der Waals surface area contributed by atoms with Crippen molar-refractivity contribution in [2.24, 2.45) is 11.7 Å². The predicted molar refractivity (Wildman–Crippen MR) is 69.6 cm³/mol. The van der Waals surface area contributed by atoms with Crippen LogP contribution < -0.4 is 11.1 Å². The summed E-state index contributed by atoms with van der Waals surface area (Å²) in [5.74, 6) is 0.494. The number of hydrogen-bond donors (Lipinski definition) is 2. The molecule has 1 amide bonds. The van der Waals surface area contributed by atoms with Crippen molar-refractivity contribution in [3.05, 3.63) is 16.6 Å². The molecule has 1 aromatic rings. The van der Waals surface area contributed by atoms with Crippen molar-refractivity contribution in [3.8, 4) is 0 Å². The molecule has 1 aliphatic carbocycles. The van der Waals surface area contributed by atoms with Gasteiger partial charge in [0, 0.05) is 18.0 Å². The highest BCUT2D eigenvalue weighted by Gasteiger charge is 2.28. The van der Waals surface area contributed by atoms with E-state index in [0.29, 0.717) is 18.2 Å². The Labute approximate surface area is 111 Å². The van der Waals surface area contributed by atoms with Crippen LogP contribution in [0.2, 0.25) is 0 Å². The van der Waals surface area contributed by atoms with Gasteiger partial charge in [-0.2, -0.15) is 0 Å². The smallest absolute Gasteiger partial charge is 0.270 e. The van der Waals surface area contributed by atoms with Crippen LogP contribution in [-0.4, -0.2) is 23.5 Å². The van der Waals surface area contributed by atoms with Crippen LogP contribution in [0.4, 0.5) is 0 Å². The van der Waals surface area contributed by atoms with Gasteiger partial charge in [-0.15, -0.1) is 36.2 Å². The second-order valence-corrected chi connectivity index (χ2v) is 4.30. The average Bonchev–Trinajstić information content (AvgIpc) is 2.90. The van der Waals surface area contributed by atoms with Crippen molar-refractivity contribution in [3.63, 3.8) is 0 Å². The summed E-state index contributed by atoms with van der Waals surface area (Å²) in [4.78, 5) is 15.4. The highest BCUT2D eigenvalue weighted by atomic mass is 35.5. The van der Waals surface area contributed by atoms with Gasteiger partial charge in [0.1, 0.15) is 5.69 Å². The van der Waals surface area contributed by atoms with Gasteiger partial charge in [0.15, 0.2) is 0 Å². The molecule has 92 valence electrons. The summed E-state index contributed by atoms with van der Waals surface area (Å²) in [6, 6.07) is 0.109. The van der Waals surface area contributed by atoms with E-state index < -0.39 is 0 Å². The SMILES string of the molecule is Cl.Cl.NC(CNC(=O)c1cscn1)C1CC1. The highest BCUT2D eigenvalue weighted by molar-refractivity contribution is 7.07. The summed E-state index contributed by atoms with van der Waals surface area (Å²) in [7, 11) is 0. The molecule has 0 spiro atoms. The predicted octanol–water partition coefficient (Wildman–Crippen LogP) is 1.45. The van der Waals surface area contributed by atoms with E-state index in [-0.39, 0.29) is 36.8 Å². The first kappa shape index (κ1) is 15.6. The Morgan fingerprint density at radius 2 is 2.31 bits per heavy atom. The molecule has 3 N–H and O–H groups in total. The third-order valence-corrected chi connectivity index (χ3v) is 2.98. The van der Waals surface area contributed by atoms with Crippen molar-refractivity contribution < 1.29 is 4.79 Å². The zero-order valence-electron chi connectivity index (χ0n) is 8.59. The van der Waals surface area contributed by atoms with E-state index in [1.165, 1.54) is 24.2 Å². The monoisotopic (exact) mass is 283 g/mol. The van der Waals surface area contributed by atoms with Gasteiger partial charge in [0.25, 0.3) is 5.91 Å². The number of amides is 1. The maximum Gasteiger partial charge on any atom is 0.270 e. The second kappa shape index (κ2) is 7.06. The van der Waals surface area contributed by atoms with Crippen molar-refractivity contribution in [2.75, 3.05) is 6.54 Å². The summed E-state index contributed by atoms with van der Waals surface area (Å²) < 4.78 is 0. The molecule has 4 nitrogen and oxygen atoms in total. The van der Waals surface area contributed by atoms with Crippen LogP contribution in [0.1, 0.15) is 23.3 Å². The lowest BCUT2D eigenvalue weighted by molar-refractivity contribution is 0.0946. The minimum absolute atomic E-state index is 0. The van der Waals surface area contributed by atoms with Gasteiger partial charge in [-0.05, 0) is 18.8 Å². The Bertz CT molecular complexity index is 317. The van der Waals surface area contributed by atoms with Crippen LogP contribution in [0.3, 0.4) is 0 Å². The first-order valence-corrected chi connectivity index (χ1v) is 5.63. The van der Waals surface area contributed by atoms with Crippen LogP contribution in [0.15, 0.2) is 10.9 Å². The molecule has 0 aromatic carbocycles. The second-order valence-electron chi connectivity index (χ2n) is 3.58. The number of rotatable bonds is 4. The Kier molecular flexibility index (Phi) is 6.90. The van der Waals surface area contributed by atoms with Gasteiger partial charge in [-0.25, -0.2) is 4.98 Å². The van der Waals surface area contributed by atoms with Gasteiger partial charge in [-0.1, -0.05) is 0 Å². The first-order valence-electron chi connectivity index (χ1n) is 4.69. The Hall–Kier alpha value is -0.360. The van der Waals surface area contributed by atoms with Crippen molar-refractivity contribution >= 4 is 42.1 Å². The van der Waals surface area contributed by atoms with E-state index in [9.17, 15) is 4.79 Å². The van der Waals surface area contributed by atoms with Crippen molar-refractivity contribution in [1.29, 1.82) is 0 Å². The minimum atomic E-state index is -0.123. The fraction of sp³-hybridized carbons (Fsp3) is 0.556. The summed E-state index contributed by atoms with van der Waals surface area (Å²) in [6.45, 7) is 0.557. The molecular weight excluding hydrogens is 269 g/mol. The van der Waals surface area contributed by atoms with E-state index in [0.717, 1.165) is 0 Å². The summed E-state index contributed by atoms with van der Waals surface area (Å²) in [6.07, 6.45) is 2.40. The summed E-state index contributed by atoms with van der Waals surface area (Å²) in [5, 5.41) is 4.52. The number of carbonyl (C=O) groups is 1. The molecule has 0 bridgehead atoms. The van der Waals surface area contributed by atoms with E-state index >= 15 is 0 Å². The minimum Gasteiger partial charge on any atom is -0.349 e. The molecule has 1 aliphatic rings. The lowest BCUT2D eigenvalue weighted by Crippen LogP contribution is -2.38. The molecule has 1 heterocycles. The summed E-state index contributed by atoms with van der Waals surface area (Å²) >= 11 is 1.42. The molecule has 2 rings (SSSR count). The van der Waals surface area contributed by atoms with Crippen molar-refractivity contribution in [1.82, 2.24) is 10.3 Å². The normalized spacial score (nSPS) is 15.6. The highest BCUT2D eigenvalue weighted by Crippen LogP contribution is 2.31. The zero-order chi connectivity index (χ0) is 9.97. The van der Waals surface area contributed by atoms with Gasteiger partial charge in [0.2, 0.25) is 0 Å². The molecule has 16 heavy (non-hydrogen) atoms. The zero-order valence-corrected chi connectivity index (χ0v) is 11.0. The maximum atomic E-state index is 11.4. The number of nitrogens with one attached hydrogen (secondary N) is 1. The molecule has 1 saturated carbocycles. The van der Waals surface area contributed by atoms with E-state index in [1.807, 2.05) is 0 Å². The molecule has 1 fully saturated rings. The average molecular weight is 284 g/mol. The van der Waals surface area contributed by atoms with Gasteiger partial charge in [0.05, 0.1) is 5.51 Å². The molecule has 1 atom stereocenters. The summed E-state index contributed by atoms with van der Waals surface area (Å²) in [5.41, 5.74) is 7.98. The van der Waals surface area contributed by atoms with E-state index in [1.54, 1.807) is 10.9 Å². The number of nitrogens with zero attached hydrogens (tertiary/aromatic N) is 1. The number of thiazole rings is 1. The molecular formula is C9H15Cl2N3OS. The Morgan fingerprint density at radius 3 is 2.81 bits per heavy atom. The van der Waals surface area contributed by atoms with E-state index in [4.69, 9.17) is 5.73 Å². The maximum absolute atomic E-state index is 11.4. The number of hydrogen-bond acceptors (Lipinski definition) is 4. The fourth-order valence-electron chi connectivity index (χ4n) is 1.32. The number of aromatic nitrogens is 1. The molecule has 1 unspecified atom stereocenters. The fourth-order valence-corrected chi connectivity index (χ4v) is 1.85. The van der Waals surface area contributed by atoms with Crippen LogP contribution in [0.5, 0.6) is 0 Å². The van der Waals surface area contributed by atoms with Crippen LogP contribution in [0.25, 0.3) is 0 Å². The Balaban J connectivity index is 0.00000112. The first-order chi connectivity index (χ1) is 6.77. The quantitative estimate of drug-likeness (QED) is 0.879. The molecule has 0 aliphatic heterocycles.